The standard InChI is InChI=1S/C13H18N6O3S/c1-17-12(3-4-15-17)13(20)18-7-10-5-14-9-19(10)11(8-18)6-16-23(2,21)22/h3-5,9,11,16H,6-8H2,1-2H3. The summed E-state index contributed by atoms with van der Waals surface area (Å²) in [6.45, 7) is 1.03. The van der Waals surface area contributed by atoms with Crippen LogP contribution >= 0.6 is 0 Å². The van der Waals surface area contributed by atoms with Crippen LogP contribution in [-0.4, -0.2) is 57.9 Å². The predicted octanol–water partition coefficient (Wildman–Crippen LogP) is -0.637. The molecule has 2 aromatic rings. The van der Waals surface area contributed by atoms with Gasteiger partial charge in [-0.3, -0.25) is 9.48 Å². The molecule has 23 heavy (non-hydrogen) atoms. The Bertz CT molecular complexity index is 824. The molecule has 1 N–H and O–H groups in total. The van der Waals surface area contributed by atoms with Gasteiger partial charge in [-0.15, -0.1) is 0 Å². The van der Waals surface area contributed by atoms with Gasteiger partial charge in [-0.25, -0.2) is 18.1 Å². The van der Waals surface area contributed by atoms with Gasteiger partial charge in [0.15, 0.2) is 0 Å². The van der Waals surface area contributed by atoms with Crippen LogP contribution in [0.15, 0.2) is 24.8 Å². The first-order valence-electron chi connectivity index (χ1n) is 7.08. The third-order valence-corrected chi connectivity index (χ3v) is 4.52. The number of hydrogen-bond acceptors (Lipinski definition) is 5. The molecular formula is C13H18N6O3S. The molecule has 10 heteroatoms. The predicted molar refractivity (Wildman–Crippen MR) is 82.1 cm³/mol. The summed E-state index contributed by atoms with van der Waals surface area (Å²) in [4.78, 5) is 18.4. The molecule has 1 unspecified atom stereocenters. The van der Waals surface area contributed by atoms with Crippen molar-refractivity contribution in [1.29, 1.82) is 0 Å². The summed E-state index contributed by atoms with van der Waals surface area (Å²) < 4.78 is 28.6. The Morgan fingerprint density at radius 3 is 2.91 bits per heavy atom. The third-order valence-electron chi connectivity index (χ3n) is 3.83. The molecule has 2 aromatic heterocycles. The summed E-state index contributed by atoms with van der Waals surface area (Å²) in [7, 11) is -1.59. The van der Waals surface area contributed by atoms with Crippen LogP contribution in [0.25, 0.3) is 0 Å². The van der Waals surface area contributed by atoms with E-state index in [9.17, 15) is 13.2 Å². The van der Waals surface area contributed by atoms with Crippen LogP contribution in [0.5, 0.6) is 0 Å². The molecule has 1 aliphatic rings. The van der Waals surface area contributed by atoms with Crippen molar-refractivity contribution in [3.8, 4) is 0 Å². The van der Waals surface area contributed by atoms with Crippen molar-refractivity contribution < 1.29 is 13.2 Å². The molecule has 0 bridgehead atoms. The van der Waals surface area contributed by atoms with Gasteiger partial charge < -0.3 is 9.47 Å². The van der Waals surface area contributed by atoms with Gasteiger partial charge in [-0.05, 0) is 6.07 Å². The monoisotopic (exact) mass is 338 g/mol. The van der Waals surface area contributed by atoms with Crippen molar-refractivity contribution in [3.63, 3.8) is 0 Å². The molecule has 0 aliphatic carbocycles. The van der Waals surface area contributed by atoms with Crippen molar-refractivity contribution >= 4 is 15.9 Å². The lowest BCUT2D eigenvalue weighted by atomic mass is 10.1. The second-order valence-corrected chi connectivity index (χ2v) is 7.43. The van der Waals surface area contributed by atoms with E-state index in [1.165, 1.54) is 4.68 Å². The summed E-state index contributed by atoms with van der Waals surface area (Å²) in [6.07, 6.45) is 6.04. The average Bonchev–Trinajstić information content (AvgIpc) is 3.11. The van der Waals surface area contributed by atoms with Crippen molar-refractivity contribution in [2.45, 2.75) is 12.6 Å². The molecule has 1 amide bonds. The number of nitrogens with one attached hydrogen (secondary N) is 1. The number of imidazole rings is 1. The maximum absolute atomic E-state index is 12.7. The zero-order valence-electron chi connectivity index (χ0n) is 12.9. The minimum absolute atomic E-state index is 0.137. The number of carbonyl (C=O) groups is 1. The van der Waals surface area contributed by atoms with E-state index in [0.29, 0.717) is 18.8 Å². The van der Waals surface area contributed by atoms with Gasteiger partial charge in [0.25, 0.3) is 5.91 Å². The highest BCUT2D eigenvalue weighted by Gasteiger charge is 2.29. The third kappa shape index (κ3) is 3.27. The molecule has 0 radical (unpaired) electrons. The summed E-state index contributed by atoms with van der Waals surface area (Å²) in [6, 6.07) is 1.46. The lowest BCUT2D eigenvalue weighted by Crippen LogP contribution is -2.45. The normalized spacial score (nSPS) is 18.0. The fourth-order valence-corrected chi connectivity index (χ4v) is 3.19. The number of rotatable bonds is 4. The number of nitrogens with zero attached hydrogens (tertiary/aromatic N) is 5. The number of aromatic nitrogens is 4. The number of carbonyl (C=O) groups excluding carboxylic acids is 1. The van der Waals surface area contributed by atoms with Crippen molar-refractivity contribution in [2.24, 2.45) is 7.05 Å². The van der Waals surface area contributed by atoms with Crippen LogP contribution in [0.4, 0.5) is 0 Å². The van der Waals surface area contributed by atoms with E-state index in [-0.39, 0.29) is 18.5 Å². The number of hydrogen-bond donors (Lipinski definition) is 1. The number of sulfonamides is 1. The Morgan fingerprint density at radius 2 is 2.26 bits per heavy atom. The van der Waals surface area contributed by atoms with Crippen molar-refractivity contribution in [2.75, 3.05) is 19.3 Å². The zero-order chi connectivity index (χ0) is 16.6. The molecule has 124 valence electrons. The van der Waals surface area contributed by atoms with Gasteiger partial charge in [0.05, 0.1) is 30.9 Å². The summed E-state index contributed by atoms with van der Waals surface area (Å²) in [5, 5.41) is 4.01. The van der Waals surface area contributed by atoms with E-state index < -0.39 is 10.0 Å². The maximum Gasteiger partial charge on any atom is 0.272 e. The molecule has 1 atom stereocenters. The second kappa shape index (κ2) is 5.78. The number of fused-ring (bicyclic) bond motifs is 1. The van der Waals surface area contributed by atoms with E-state index in [2.05, 4.69) is 14.8 Å². The van der Waals surface area contributed by atoms with Crippen LogP contribution < -0.4 is 4.72 Å². The van der Waals surface area contributed by atoms with E-state index in [1.807, 2.05) is 4.57 Å². The number of amides is 1. The van der Waals surface area contributed by atoms with Crippen molar-refractivity contribution in [1.82, 2.24) is 29.0 Å². The van der Waals surface area contributed by atoms with E-state index in [1.54, 1.807) is 36.7 Å². The van der Waals surface area contributed by atoms with Crippen LogP contribution in [0, 0.1) is 0 Å². The molecule has 3 heterocycles. The second-order valence-electron chi connectivity index (χ2n) is 5.59. The number of aryl methyl sites for hydroxylation is 1. The highest BCUT2D eigenvalue weighted by molar-refractivity contribution is 7.88. The van der Waals surface area contributed by atoms with E-state index >= 15 is 0 Å². The lowest BCUT2D eigenvalue weighted by Gasteiger charge is -2.34. The zero-order valence-corrected chi connectivity index (χ0v) is 13.7. The van der Waals surface area contributed by atoms with Gasteiger partial charge >= 0.3 is 0 Å². The van der Waals surface area contributed by atoms with Gasteiger partial charge in [-0.1, -0.05) is 0 Å². The topological polar surface area (TPSA) is 102 Å². The maximum atomic E-state index is 12.7. The van der Waals surface area contributed by atoms with Crippen molar-refractivity contribution in [3.05, 3.63) is 36.2 Å². The van der Waals surface area contributed by atoms with E-state index in [0.717, 1.165) is 11.9 Å². The quantitative estimate of drug-likeness (QED) is 0.799. The Kier molecular flexibility index (Phi) is 3.94. The minimum Gasteiger partial charge on any atom is -0.329 e. The molecule has 0 spiro atoms. The Hall–Kier alpha value is -2.20. The SMILES string of the molecule is Cn1nccc1C(=O)N1Cc2cncn2C(CNS(C)(=O)=O)C1. The first-order valence-corrected chi connectivity index (χ1v) is 8.97. The fourth-order valence-electron chi connectivity index (χ4n) is 2.70. The molecule has 0 fully saturated rings. The van der Waals surface area contributed by atoms with Crippen LogP contribution in [0.1, 0.15) is 22.2 Å². The fraction of sp³-hybridized carbons (Fsp3) is 0.462. The first kappa shape index (κ1) is 15.7. The molecule has 0 aromatic carbocycles. The Morgan fingerprint density at radius 1 is 1.48 bits per heavy atom. The van der Waals surface area contributed by atoms with Crippen LogP contribution in [-0.2, 0) is 23.6 Å². The molecule has 0 saturated heterocycles. The van der Waals surface area contributed by atoms with Gasteiger partial charge in [0.2, 0.25) is 10.0 Å². The first-order chi connectivity index (χ1) is 10.8. The molecule has 1 aliphatic heterocycles. The average molecular weight is 338 g/mol. The molecule has 3 rings (SSSR count). The highest BCUT2D eigenvalue weighted by atomic mass is 32.2. The van der Waals surface area contributed by atoms with Gasteiger partial charge in [0.1, 0.15) is 5.69 Å². The smallest absolute Gasteiger partial charge is 0.272 e. The molecule has 0 saturated carbocycles. The summed E-state index contributed by atoms with van der Waals surface area (Å²) in [5.41, 5.74) is 1.36. The van der Waals surface area contributed by atoms with Crippen LogP contribution in [0.3, 0.4) is 0 Å². The molecular weight excluding hydrogens is 320 g/mol. The largest absolute Gasteiger partial charge is 0.329 e. The Balaban J connectivity index is 1.83. The van der Waals surface area contributed by atoms with E-state index in [4.69, 9.17) is 0 Å². The van der Waals surface area contributed by atoms with Gasteiger partial charge in [0, 0.05) is 32.5 Å². The highest BCUT2D eigenvalue weighted by Crippen LogP contribution is 2.22. The molecule has 9 nitrogen and oxygen atoms in total. The summed E-state index contributed by atoms with van der Waals surface area (Å²) in [5.74, 6) is -0.137. The minimum atomic E-state index is -3.30. The van der Waals surface area contributed by atoms with Crippen LogP contribution in [0.2, 0.25) is 0 Å². The summed E-state index contributed by atoms with van der Waals surface area (Å²) >= 11 is 0. The lowest BCUT2D eigenvalue weighted by molar-refractivity contribution is 0.0669. The Labute approximate surface area is 134 Å². The van der Waals surface area contributed by atoms with Gasteiger partial charge in [-0.2, -0.15) is 5.10 Å².